The molecule has 5 N–H and O–H groups in total. The van der Waals surface area contributed by atoms with Crippen molar-refractivity contribution in [2.75, 3.05) is 18.5 Å². The fourth-order valence-electron chi connectivity index (χ4n) is 3.44. The lowest BCUT2D eigenvalue weighted by atomic mass is 10.1. The fourth-order valence-corrected chi connectivity index (χ4v) is 3.44. The summed E-state index contributed by atoms with van der Waals surface area (Å²) in [6, 6.07) is 18.5. The van der Waals surface area contributed by atoms with E-state index in [-0.39, 0.29) is 30.4 Å². The Morgan fingerprint density at radius 3 is 2.11 bits per heavy atom. The van der Waals surface area contributed by atoms with Gasteiger partial charge in [-0.3, -0.25) is 14.4 Å². The number of carbonyl (C=O) groups excluding carboxylic acids is 3. The van der Waals surface area contributed by atoms with Gasteiger partial charge in [-0.2, -0.15) is 0 Å². The molecule has 2 atom stereocenters. The number of anilines is 1. The number of benzene rings is 3. The Hall–Kier alpha value is -4.36. The molecule has 0 spiro atoms. The van der Waals surface area contributed by atoms with Crippen LogP contribution in [0.3, 0.4) is 0 Å². The molecule has 3 rings (SSSR count). The molecule has 196 valence electrons. The highest BCUT2D eigenvalue weighted by molar-refractivity contribution is 5.98. The summed E-state index contributed by atoms with van der Waals surface area (Å²) in [4.78, 5) is 36.2. The molecule has 0 aliphatic heterocycles. The topological polar surface area (TPSA) is 128 Å². The first-order chi connectivity index (χ1) is 18.3. The molecule has 38 heavy (non-hydrogen) atoms. The summed E-state index contributed by atoms with van der Waals surface area (Å²) < 4.78 is 13.6. The summed E-state index contributed by atoms with van der Waals surface area (Å²) in [5, 5.41) is 26.8. The van der Waals surface area contributed by atoms with Gasteiger partial charge in [0.25, 0.3) is 5.91 Å². The Balaban J connectivity index is 1.51. The van der Waals surface area contributed by atoms with E-state index in [0.717, 1.165) is 0 Å². The van der Waals surface area contributed by atoms with E-state index in [1.807, 2.05) is 0 Å². The molecule has 0 unspecified atom stereocenters. The number of aliphatic hydroxyl groups excluding tert-OH is 2. The van der Waals surface area contributed by atoms with Gasteiger partial charge in [0.15, 0.2) is 5.78 Å². The van der Waals surface area contributed by atoms with Crippen molar-refractivity contribution >= 4 is 23.3 Å². The van der Waals surface area contributed by atoms with E-state index in [9.17, 15) is 23.9 Å². The molecule has 0 saturated heterocycles. The number of halogens is 1. The molecule has 9 heteroatoms. The molecule has 8 nitrogen and oxygen atoms in total. The Kier molecular flexibility index (Phi) is 10.3. The van der Waals surface area contributed by atoms with E-state index >= 15 is 0 Å². The molecule has 0 aliphatic rings. The van der Waals surface area contributed by atoms with Crippen LogP contribution in [0.25, 0.3) is 0 Å². The lowest BCUT2D eigenvalue weighted by molar-refractivity contribution is -0.125. The maximum atomic E-state index is 13.6. The van der Waals surface area contributed by atoms with E-state index in [4.69, 9.17) is 5.11 Å². The maximum absolute atomic E-state index is 13.6. The summed E-state index contributed by atoms with van der Waals surface area (Å²) >= 11 is 0. The molecule has 0 aliphatic carbocycles. The highest BCUT2D eigenvalue weighted by atomic mass is 19.1. The van der Waals surface area contributed by atoms with E-state index < -0.39 is 30.4 Å². The van der Waals surface area contributed by atoms with Gasteiger partial charge in [0, 0.05) is 34.5 Å². The molecule has 0 radical (unpaired) electrons. The van der Waals surface area contributed by atoms with Gasteiger partial charge < -0.3 is 26.2 Å². The first-order valence-corrected chi connectivity index (χ1v) is 11.9. The van der Waals surface area contributed by atoms with Crippen LogP contribution in [0.4, 0.5) is 10.1 Å². The third kappa shape index (κ3) is 8.35. The Bertz CT molecular complexity index is 1330. The number of carbonyl (C=O) groups is 3. The first kappa shape index (κ1) is 28.2. The van der Waals surface area contributed by atoms with Gasteiger partial charge >= 0.3 is 0 Å². The highest BCUT2D eigenvalue weighted by Crippen LogP contribution is 2.10. The summed E-state index contributed by atoms with van der Waals surface area (Å²) in [5.41, 5.74) is 2.72. The second kappa shape index (κ2) is 13.8. The summed E-state index contributed by atoms with van der Waals surface area (Å²) in [7, 11) is 0. The van der Waals surface area contributed by atoms with Crippen molar-refractivity contribution in [2.24, 2.45) is 0 Å². The molecule has 0 fully saturated rings. The minimum atomic E-state index is -1.20. The Morgan fingerprint density at radius 1 is 0.921 bits per heavy atom. The van der Waals surface area contributed by atoms with Crippen LogP contribution in [0.15, 0.2) is 72.8 Å². The second-order valence-electron chi connectivity index (χ2n) is 8.46. The molecule has 0 bridgehead atoms. The average Bonchev–Trinajstić information content (AvgIpc) is 2.92. The summed E-state index contributed by atoms with van der Waals surface area (Å²) in [6.07, 6.45) is -1.15. The third-order valence-corrected chi connectivity index (χ3v) is 5.50. The van der Waals surface area contributed by atoms with Gasteiger partial charge in [-0.1, -0.05) is 30.0 Å². The number of hydrogen-bond donors (Lipinski definition) is 5. The SMILES string of the molecule is C[C@@H](O)[C@H](NC(=O)c1ccc(C#Cc2ccc(NC(=O)CNCc3ccccc3F)cc2)cc1)C(=O)CO. The minimum absolute atomic E-state index is 0.0291. The zero-order valence-electron chi connectivity index (χ0n) is 20.7. The number of amides is 2. The molecule has 0 aromatic heterocycles. The number of nitrogens with one attached hydrogen (secondary N) is 3. The number of ketones is 1. The zero-order chi connectivity index (χ0) is 27.5. The van der Waals surface area contributed by atoms with E-state index in [1.54, 1.807) is 66.7 Å². The third-order valence-electron chi connectivity index (χ3n) is 5.50. The van der Waals surface area contributed by atoms with Crippen molar-refractivity contribution in [1.29, 1.82) is 0 Å². The molecule has 2 amide bonds. The zero-order valence-corrected chi connectivity index (χ0v) is 20.7. The summed E-state index contributed by atoms with van der Waals surface area (Å²) in [5.74, 6) is 4.16. The number of hydrogen-bond acceptors (Lipinski definition) is 6. The van der Waals surface area contributed by atoms with Crippen LogP contribution in [-0.4, -0.2) is 53.1 Å². The van der Waals surface area contributed by atoms with Gasteiger partial charge in [0.1, 0.15) is 18.5 Å². The minimum Gasteiger partial charge on any atom is -0.391 e. The van der Waals surface area contributed by atoms with Crippen molar-refractivity contribution in [2.45, 2.75) is 25.6 Å². The van der Waals surface area contributed by atoms with Crippen molar-refractivity contribution in [3.05, 3.63) is 101 Å². The molecular formula is C29H28FN3O5. The predicted molar refractivity (Wildman–Crippen MR) is 141 cm³/mol. The largest absolute Gasteiger partial charge is 0.391 e. The first-order valence-electron chi connectivity index (χ1n) is 11.9. The molecule has 0 saturated carbocycles. The van der Waals surface area contributed by atoms with Gasteiger partial charge in [-0.05, 0) is 61.5 Å². The van der Waals surface area contributed by atoms with Crippen LogP contribution >= 0.6 is 0 Å². The number of aliphatic hydroxyl groups is 2. The predicted octanol–water partition coefficient (Wildman–Crippen LogP) is 1.99. The normalized spacial score (nSPS) is 12.0. The fraction of sp³-hybridized carbons (Fsp3) is 0.207. The van der Waals surface area contributed by atoms with Crippen molar-refractivity contribution in [3.8, 4) is 11.8 Å². The van der Waals surface area contributed by atoms with Crippen molar-refractivity contribution < 1.29 is 29.0 Å². The van der Waals surface area contributed by atoms with Crippen LogP contribution in [0.1, 0.15) is 34.0 Å². The van der Waals surface area contributed by atoms with Crippen molar-refractivity contribution in [1.82, 2.24) is 10.6 Å². The quantitative estimate of drug-likeness (QED) is 0.262. The van der Waals surface area contributed by atoms with Crippen LogP contribution in [0, 0.1) is 17.7 Å². The molecule has 3 aromatic rings. The summed E-state index contributed by atoms with van der Waals surface area (Å²) in [6.45, 7) is 0.838. The maximum Gasteiger partial charge on any atom is 0.251 e. The molecule has 0 heterocycles. The van der Waals surface area contributed by atoms with Gasteiger partial charge in [-0.25, -0.2) is 4.39 Å². The monoisotopic (exact) mass is 517 g/mol. The lowest BCUT2D eigenvalue weighted by Gasteiger charge is -2.19. The van der Waals surface area contributed by atoms with Crippen molar-refractivity contribution in [3.63, 3.8) is 0 Å². The Labute approximate surface area is 219 Å². The average molecular weight is 518 g/mol. The smallest absolute Gasteiger partial charge is 0.251 e. The lowest BCUT2D eigenvalue weighted by Crippen LogP contribution is -2.48. The van der Waals surface area contributed by atoms with Crippen LogP contribution in [-0.2, 0) is 16.1 Å². The van der Waals surface area contributed by atoms with Gasteiger partial charge in [-0.15, -0.1) is 0 Å². The standard InChI is InChI=1S/C29H28FN3O5/c1-19(35)28(26(36)18-34)33-29(38)22-12-8-20(9-13-22)6-7-21-10-14-24(15-11-21)32-27(37)17-31-16-23-4-2-3-5-25(23)30/h2-5,8-15,19,28,31,34-35H,16-18H2,1H3,(H,32,37)(H,33,38)/t19-,28+/m1/s1. The molecular weight excluding hydrogens is 489 g/mol. The van der Waals surface area contributed by atoms with E-state index in [1.165, 1.54) is 13.0 Å². The van der Waals surface area contributed by atoms with Gasteiger partial charge in [0.05, 0.1) is 12.6 Å². The second-order valence-corrected chi connectivity index (χ2v) is 8.46. The Morgan fingerprint density at radius 2 is 1.53 bits per heavy atom. The van der Waals surface area contributed by atoms with Crippen LogP contribution < -0.4 is 16.0 Å². The highest BCUT2D eigenvalue weighted by Gasteiger charge is 2.25. The number of Topliss-reactive ketones (excluding diaryl/α,β-unsaturated/α-hetero) is 1. The number of rotatable bonds is 10. The molecule has 3 aromatic carbocycles. The van der Waals surface area contributed by atoms with E-state index in [2.05, 4.69) is 27.8 Å². The van der Waals surface area contributed by atoms with Crippen LogP contribution in [0.5, 0.6) is 0 Å². The van der Waals surface area contributed by atoms with Crippen LogP contribution in [0.2, 0.25) is 0 Å². The van der Waals surface area contributed by atoms with E-state index in [0.29, 0.717) is 22.4 Å². The van der Waals surface area contributed by atoms with Gasteiger partial charge in [0.2, 0.25) is 5.91 Å².